The van der Waals surface area contributed by atoms with Crippen molar-refractivity contribution in [1.29, 1.82) is 0 Å². The van der Waals surface area contributed by atoms with Gasteiger partial charge in [0.15, 0.2) is 0 Å². The molecule has 1 aromatic rings. The van der Waals surface area contributed by atoms with E-state index in [1.165, 1.54) is 31.0 Å². The summed E-state index contributed by atoms with van der Waals surface area (Å²) < 4.78 is 27.8. The lowest BCUT2D eigenvalue weighted by molar-refractivity contribution is 0.0294. The Bertz CT molecular complexity index is 481. The normalized spacial score (nSPS) is 31.5. The summed E-state index contributed by atoms with van der Waals surface area (Å²) >= 11 is 0. The minimum Gasteiger partial charge on any atom is -0.311 e. The molecule has 2 atom stereocenters. The molecule has 4 heteroatoms. The van der Waals surface area contributed by atoms with Crippen LogP contribution in [-0.2, 0) is 6.54 Å². The van der Waals surface area contributed by atoms with Gasteiger partial charge in [0, 0.05) is 36.8 Å². The first-order valence-electron chi connectivity index (χ1n) is 7.42. The zero-order valence-corrected chi connectivity index (χ0v) is 12.1. The fourth-order valence-electron chi connectivity index (χ4n) is 3.32. The van der Waals surface area contributed by atoms with Crippen LogP contribution in [0.15, 0.2) is 18.2 Å². The monoisotopic (exact) mass is 280 g/mol. The first-order chi connectivity index (χ1) is 9.50. The second-order valence-corrected chi connectivity index (χ2v) is 6.49. The van der Waals surface area contributed by atoms with Gasteiger partial charge in [0.05, 0.1) is 0 Å². The van der Waals surface area contributed by atoms with Gasteiger partial charge in [-0.3, -0.25) is 4.90 Å². The molecule has 20 heavy (non-hydrogen) atoms. The standard InChI is InChI=1S/C16H22F2N2/c1-11-8-20(16(2,10-19-11)12-6-7-12)9-13-14(17)4-3-5-15(13)18/h3-5,11-12,19H,6-10H2,1-2H3. The summed E-state index contributed by atoms with van der Waals surface area (Å²) in [6, 6.07) is 4.47. The van der Waals surface area contributed by atoms with Gasteiger partial charge in [0.1, 0.15) is 11.6 Å². The predicted molar refractivity (Wildman–Crippen MR) is 75.4 cm³/mol. The quantitative estimate of drug-likeness (QED) is 0.916. The highest BCUT2D eigenvalue weighted by Crippen LogP contribution is 2.44. The second-order valence-electron chi connectivity index (χ2n) is 6.49. The molecule has 0 spiro atoms. The highest BCUT2D eigenvalue weighted by Gasteiger charge is 2.47. The number of hydrogen-bond acceptors (Lipinski definition) is 2. The Morgan fingerprint density at radius 1 is 1.30 bits per heavy atom. The largest absolute Gasteiger partial charge is 0.311 e. The van der Waals surface area contributed by atoms with Gasteiger partial charge in [-0.05, 0) is 44.7 Å². The molecule has 2 unspecified atom stereocenters. The first kappa shape index (κ1) is 14.0. The number of halogens is 2. The topological polar surface area (TPSA) is 15.3 Å². The molecule has 1 saturated carbocycles. The van der Waals surface area contributed by atoms with E-state index in [-0.39, 0.29) is 11.1 Å². The van der Waals surface area contributed by atoms with Gasteiger partial charge < -0.3 is 5.32 Å². The first-order valence-corrected chi connectivity index (χ1v) is 7.42. The maximum atomic E-state index is 13.9. The third-order valence-electron chi connectivity index (χ3n) is 4.89. The lowest BCUT2D eigenvalue weighted by atomic mass is 9.89. The summed E-state index contributed by atoms with van der Waals surface area (Å²) in [4.78, 5) is 2.27. The van der Waals surface area contributed by atoms with E-state index >= 15 is 0 Å². The fourth-order valence-corrected chi connectivity index (χ4v) is 3.32. The Hall–Kier alpha value is -1.00. The van der Waals surface area contributed by atoms with Crippen LogP contribution in [0.5, 0.6) is 0 Å². The van der Waals surface area contributed by atoms with Crippen molar-refractivity contribution >= 4 is 0 Å². The molecule has 1 N–H and O–H groups in total. The van der Waals surface area contributed by atoms with Gasteiger partial charge in [-0.1, -0.05) is 6.07 Å². The molecule has 0 aromatic heterocycles. The molecule has 1 aliphatic carbocycles. The lowest BCUT2D eigenvalue weighted by Crippen LogP contribution is -2.63. The van der Waals surface area contributed by atoms with Gasteiger partial charge in [-0.25, -0.2) is 8.78 Å². The van der Waals surface area contributed by atoms with Gasteiger partial charge >= 0.3 is 0 Å². The minimum absolute atomic E-state index is 0.0151. The highest BCUT2D eigenvalue weighted by atomic mass is 19.1. The molecule has 0 bridgehead atoms. The maximum absolute atomic E-state index is 13.9. The minimum atomic E-state index is -0.436. The van der Waals surface area contributed by atoms with Crippen molar-refractivity contribution in [2.75, 3.05) is 13.1 Å². The number of rotatable bonds is 3. The van der Waals surface area contributed by atoms with Crippen molar-refractivity contribution in [2.45, 2.75) is 44.8 Å². The molecule has 1 aromatic carbocycles. The third-order valence-corrected chi connectivity index (χ3v) is 4.89. The van der Waals surface area contributed by atoms with E-state index in [2.05, 4.69) is 24.1 Å². The Labute approximate surface area is 119 Å². The molecule has 0 radical (unpaired) electrons. The average Bonchev–Trinajstić information content (AvgIpc) is 3.23. The number of piperazine rings is 1. The van der Waals surface area contributed by atoms with Crippen molar-refractivity contribution < 1.29 is 8.78 Å². The molecule has 2 nitrogen and oxygen atoms in total. The molecule has 1 heterocycles. The molecule has 2 fully saturated rings. The Morgan fingerprint density at radius 2 is 1.95 bits per heavy atom. The molecule has 1 saturated heterocycles. The van der Waals surface area contributed by atoms with Gasteiger partial charge in [0.25, 0.3) is 0 Å². The van der Waals surface area contributed by atoms with E-state index in [9.17, 15) is 8.78 Å². The highest BCUT2D eigenvalue weighted by molar-refractivity contribution is 5.20. The van der Waals surface area contributed by atoms with Crippen molar-refractivity contribution in [2.24, 2.45) is 5.92 Å². The number of nitrogens with zero attached hydrogens (tertiary/aromatic N) is 1. The molecule has 3 rings (SSSR count). The number of benzene rings is 1. The Balaban J connectivity index is 1.86. The third kappa shape index (κ3) is 2.47. The van der Waals surface area contributed by atoms with Crippen LogP contribution in [0.1, 0.15) is 32.3 Å². The van der Waals surface area contributed by atoms with E-state index in [1.807, 2.05) is 0 Å². The molecule has 1 aliphatic heterocycles. The summed E-state index contributed by atoms with van der Waals surface area (Å²) in [7, 11) is 0. The van der Waals surface area contributed by atoms with Crippen molar-refractivity contribution in [3.05, 3.63) is 35.4 Å². The van der Waals surface area contributed by atoms with E-state index in [1.54, 1.807) is 0 Å². The number of nitrogens with one attached hydrogen (secondary N) is 1. The van der Waals surface area contributed by atoms with Gasteiger partial charge in [0.2, 0.25) is 0 Å². The summed E-state index contributed by atoms with van der Waals surface area (Å²) in [6.07, 6.45) is 2.45. The van der Waals surface area contributed by atoms with Crippen LogP contribution in [0.25, 0.3) is 0 Å². The van der Waals surface area contributed by atoms with Crippen LogP contribution >= 0.6 is 0 Å². The zero-order valence-electron chi connectivity index (χ0n) is 12.1. The summed E-state index contributed by atoms with van der Waals surface area (Å²) in [5.41, 5.74) is 0.217. The molecule has 0 amide bonds. The molecule has 110 valence electrons. The summed E-state index contributed by atoms with van der Waals surface area (Å²) in [6.45, 7) is 6.44. The predicted octanol–water partition coefficient (Wildman–Crippen LogP) is 2.93. The molecular formula is C16H22F2N2. The molecular weight excluding hydrogens is 258 g/mol. The van der Waals surface area contributed by atoms with Crippen molar-refractivity contribution in [3.8, 4) is 0 Å². The molecule has 2 aliphatic rings. The maximum Gasteiger partial charge on any atom is 0.130 e. The Kier molecular flexibility index (Phi) is 3.55. The van der Waals surface area contributed by atoms with Crippen LogP contribution in [0.4, 0.5) is 8.78 Å². The van der Waals surface area contributed by atoms with Crippen LogP contribution in [0.2, 0.25) is 0 Å². The summed E-state index contributed by atoms with van der Waals surface area (Å²) in [5.74, 6) is -0.221. The van der Waals surface area contributed by atoms with Crippen LogP contribution < -0.4 is 5.32 Å². The average molecular weight is 280 g/mol. The summed E-state index contributed by atoms with van der Waals surface area (Å²) in [5, 5.41) is 3.51. The van der Waals surface area contributed by atoms with Gasteiger partial charge in [-0.2, -0.15) is 0 Å². The van der Waals surface area contributed by atoms with Crippen LogP contribution in [0.3, 0.4) is 0 Å². The van der Waals surface area contributed by atoms with Crippen molar-refractivity contribution in [1.82, 2.24) is 10.2 Å². The SMILES string of the molecule is CC1CN(Cc2c(F)cccc2F)C(C)(C2CC2)CN1. The zero-order chi connectivity index (χ0) is 14.3. The van der Waals surface area contributed by atoms with Gasteiger partial charge in [-0.15, -0.1) is 0 Å². The van der Waals surface area contributed by atoms with Crippen LogP contribution in [0, 0.1) is 17.6 Å². The van der Waals surface area contributed by atoms with E-state index in [4.69, 9.17) is 0 Å². The smallest absolute Gasteiger partial charge is 0.130 e. The fraction of sp³-hybridized carbons (Fsp3) is 0.625. The van der Waals surface area contributed by atoms with E-state index in [0.717, 1.165) is 13.1 Å². The van der Waals surface area contributed by atoms with Crippen molar-refractivity contribution in [3.63, 3.8) is 0 Å². The van der Waals surface area contributed by atoms with E-state index < -0.39 is 11.6 Å². The van der Waals surface area contributed by atoms with Crippen LogP contribution in [-0.4, -0.2) is 29.6 Å². The lowest BCUT2D eigenvalue weighted by Gasteiger charge is -2.48. The van der Waals surface area contributed by atoms with E-state index in [0.29, 0.717) is 18.5 Å². The Morgan fingerprint density at radius 3 is 2.55 bits per heavy atom. The number of hydrogen-bond donors (Lipinski definition) is 1. The second kappa shape index (κ2) is 5.08.